The summed E-state index contributed by atoms with van der Waals surface area (Å²) < 4.78 is 4.89. The number of Topliss-reactive ketones (excluding diaryl/α,β-unsaturated/α-hetero) is 1. The molecule has 1 rings (SSSR count). The van der Waals surface area contributed by atoms with Gasteiger partial charge >= 0.3 is 5.43 Å². The predicted molar refractivity (Wildman–Crippen MR) is 48.7 cm³/mol. The first-order valence-corrected chi connectivity index (χ1v) is 4.49. The van der Waals surface area contributed by atoms with Crippen molar-refractivity contribution in [3.63, 3.8) is 0 Å². The third kappa shape index (κ3) is 1.35. The van der Waals surface area contributed by atoms with Gasteiger partial charge in [-0.1, -0.05) is 0 Å². The third-order valence-corrected chi connectivity index (χ3v) is 2.78. The summed E-state index contributed by atoms with van der Waals surface area (Å²) in [6.45, 7) is 7.02. The zero-order valence-corrected chi connectivity index (χ0v) is 8.94. The van der Waals surface area contributed by atoms with Gasteiger partial charge in [-0.3, -0.25) is 4.79 Å². The van der Waals surface area contributed by atoms with Crippen molar-refractivity contribution in [2.24, 2.45) is 10.8 Å². The van der Waals surface area contributed by atoms with Gasteiger partial charge in [-0.15, -0.1) is 0 Å². The van der Waals surface area contributed by atoms with E-state index in [2.05, 4.69) is 0 Å². The Hall–Kier alpha value is -0.570. The SMILES string of the molecule is CC1(C)C(=O)C(C)(C)C1OC(=O)Cl. The molecule has 1 fully saturated rings. The van der Waals surface area contributed by atoms with E-state index in [4.69, 9.17) is 16.3 Å². The Labute approximate surface area is 82.4 Å². The van der Waals surface area contributed by atoms with Gasteiger partial charge in [0.15, 0.2) is 5.78 Å². The monoisotopic (exact) mass is 204 g/mol. The summed E-state index contributed by atoms with van der Waals surface area (Å²) >= 11 is 5.12. The van der Waals surface area contributed by atoms with E-state index >= 15 is 0 Å². The molecule has 0 aromatic rings. The smallest absolute Gasteiger partial charge is 0.404 e. The summed E-state index contributed by atoms with van der Waals surface area (Å²) in [6, 6.07) is 0. The molecular formula is C9H13ClO3. The Bertz CT molecular complexity index is 250. The average Bonchev–Trinajstić information content (AvgIpc) is 1.98. The van der Waals surface area contributed by atoms with Crippen molar-refractivity contribution >= 4 is 22.8 Å². The summed E-state index contributed by atoms with van der Waals surface area (Å²) in [5, 5.41) is 0. The van der Waals surface area contributed by atoms with Gasteiger partial charge in [0.25, 0.3) is 0 Å². The highest BCUT2D eigenvalue weighted by atomic mass is 35.5. The second-order valence-electron chi connectivity index (χ2n) is 4.51. The van der Waals surface area contributed by atoms with Gasteiger partial charge in [0.2, 0.25) is 0 Å². The molecule has 0 aromatic carbocycles. The van der Waals surface area contributed by atoms with Crippen LogP contribution in [0.3, 0.4) is 0 Å². The largest absolute Gasteiger partial charge is 0.448 e. The van der Waals surface area contributed by atoms with Gasteiger partial charge in [0, 0.05) is 11.6 Å². The summed E-state index contributed by atoms with van der Waals surface area (Å²) in [5.41, 5.74) is -2.05. The zero-order valence-electron chi connectivity index (χ0n) is 8.18. The molecule has 0 unspecified atom stereocenters. The maximum atomic E-state index is 11.6. The first-order valence-electron chi connectivity index (χ1n) is 4.11. The molecule has 0 spiro atoms. The van der Waals surface area contributed by atoms with Gasteiger partial charge in [0.1, 0.15) is 6.10 Å². The highest BCUT2D eigenvalue weighted by Crippen LogP contribution is 2.52. The molecule has 1 saturated carbocycles. The van der Waals surface area contributed by atoms with Crippen LogP contribution in [0.1, 0.15) is 27.7 Å². The van der Waals surface area contributed by atoms with Crippen molar-refractivity contribution in [2.75, 3.05) is 0 Å². The van der Waals surface area contributed by atoms with Crippen LogP contribution in [0.25, 0.3) is 0 Å². The molecule has 0 atom stereocenters. The maximum absolute atomic E-state index is 11.6. The summed E-state index contributed by atoms with van der Waals surface area (Å²) in [6.07, 6.45) is -0.419. The van der Waals surface area contributed by atoms with E-state index in [1.165, 1.54) is 0 Å². The van der Waals surface area contributed by atoms with Crippen LogP contribution in [0.5, 0.6) is 0 Å². The topological polar surface area (TPSA) is 43.4 Å². The van der Waals surface area contributed by atoms with Crippen LogP contribution in [0.15, 0.2) is 0 Å². The molecule has 0 amide bonds. The normalized spacial score (nSPS) is 25.2. The second kappa shape index (κ2) is 2.71. The Morgan fingerprint density at radius 3 is 2.00 bits per heavy atom. The van der Waals surface area contributed by atoms with Crippen LogP contribution in [0, 0.1) is 10.8 Å². The molecule has 0 N–H and O–H groups in total. The van der Waals surface area contributed by atoms with E-state index in [1.807, 2.05) is 0 Å². The molecular weight excluding hydrogens is 192 g/mol. The number of ether oxygens (including phenoxy) is 1. The van der Waals surface area contributed by atoms with E-state index < -0.39 is 22.4 Å². The molecule has 0 aromatic heterocycles. The molecule has 0 radical (unpaired) electrons. The minimum atomic E-state index is -0.848. The molecule has 0 aliphatic heterocycles. The molecule has 1 aliphatic carbocycles. The van der Waals surface area contributed by atoms with Gasteiger partial charge < -0.3 is 4.74 Å². The van der Waals surface area contributed by atoms with Gasteiger partial charge in [-0.25, -0.2) is 4.79 Å². The lowest BCUT2D eigenvalue weighted by molar-refractivity contribution is -0.179. The predicted octanol–water partition coefficient (Wildman–Crippen LogP) is 2.37. The summed E-state index contributed by atoms with van der Waals surface area (Å²) in [4.78, 5) is 22.1. The molecule has 0 saturated heterocycles. The van der Waals surface area contributed by atoms with Crippen LogP contribution in [-0.4, -0.2) is 17.3 Å². The first-order chi connectivity index (χ1) is 5.70. The van der Waals surface area contributed by atoms with E-state index in [-0.39, 0.29) is 5.78 Å². The average molecular weight is 205 g/mol. The molecule has 74 valence electrons. The minimum Gasteiger partial charge on any atom is -0.448 e. The van der Waals surface area contributed by atoms with Crippen LogP contribution in [0.2, 0.25) is 0 Å². The number of carbonyl (C=O) groups is 2. The van der Waals surface area contributed by atoms with Crippen molar-refractivity contribution in [1.82, 2.24) is 0 Å². The van der Waals surface area contributed by atoms with Crippen molar-refractivity contribution < 1.29 is 14.3 Å². The number of halogens is 1. The van der Waals surface area contributed by atoms with Crippen molar-refractivity contribution in [1.29, 1.82) is 0 Å². The van der Waals surface area contributed by atoms with Crippen LogP contribution < -0.4 is 0 Å². The fourth-order valence-electron chi connectivity index (χ4n) is 2.28. The fourth-order valence-corrected chi connectivity index (χ4v) is 2.37. The standard InChI is InChI=1S/C9H13ClO3/c1-8(2)5(11)9(3,4)6(8)13-7(10)12/h6H,1-4H3. The Balaban J connectivity index is 2.85. The summed E-state index contributed by atoms with van der Waals surface area (Å²) in [7, 11) is 0. The first kappa shape index (κ1) is 10.5. The number of rotatable bonds is 1. The van der Waals surface area contributed by atoms with Gasteiger partial charge in [-0.2, -0.15) is 0 Å². The lowest BCUT2D eigenvalue weighted by Crippen LogP contribution is -2.65. The molecule has 0 heterocycles. The molecule has 13 heavy (non-hydrogen) atoms. The highest BCUT2D eigenvalue weighted by molar-refractivity contribution is 6.61. The number of carbonyl (C=O) groups excluding carboxylic acids is 2. The molecule has 0 bridgehead atoms. The zero-order chi connectivity index (χ0) is 10.4. The van der Waals surface area contributed by atoms with Crippen molar-refractivity contribution in [3.8, 4) is 0 Å². The quantitative estimate of drug-likeness (QED) is 0.616. The summed E-state index contributed by atoms with van der Waals surface area (Å²) in [5.74, 6) is 0.0999. The Morgan fingerprint density at radius 1 is 1.31 bits per heavy atom. The van der Waals surface area contributed by atoms with Gasteiger partial charge in [-0.05, 0) is 27.7 Å². The second-order valence-corrected chi connectivity index (χ2v) is 4.82. The van der Waals surface area contributed by atoms with Crippen molar-refractivity contribution in [3.05, 3.63) is 0 Å². The van der Waals surface area contributed by atoms with E-state index in [9.17, 15) is 9.59 Å². The Kier molecular flexibility index (Phi) is 2.19. The molecule has 3 nitrogen and oxygen atoms in total. The van der Waals surface area contributed by atoms with Crippen LogP contribution in [0.4, 0.5) is 4.79 Å². The highest BCUT2D eigenvalue weighted by Gasteiger charge is 2.63. The van der Waals surface area contributed by atoms with Gasteiger partial charge in [0.05, 0.1) is 10.8 Å². The Morgan fingerprint density at radius 2 is 1.69 bits per heavy atom. The maximum Gasteiger partial charge on any atom is 0.404 e. The molecule has 4 heteroatoms. The number of hydrogen-bond donors (Lipinski definition) is 0. The van der Waals surface area contributed by atoms with E-state index in [1.54, 1.807) is 27.7 Å². The van der Waals surface area contributed by atoms with E-state index in [0.717, 1.165) is 0 Å². The number of ketones is 1. The number of hydrogen-bond acceptors (Lipinski definition) is 3. The third-order valence-electron chi connectivity index (χ3n) is 2.69. The van der Waals surface area contributed by atoms with Crippen LogP contribution in [-0.2, 0) is 9.53 Å². The fraction of sp³-hybridized carbons (Fsp3) is 0.778. The van der Waals surface area contributed by atoms with Crippen LogP contribution >= 0.6 is 11.6 Å². The minimum absolute atomic E-state index is 0.0999. The van der Waals surface area contributed by atoms with Crippen molar-refractivity contribution in [2.45, 2.75) is 33.8 Å². The van der Waals surface area contributed by atoms with E-state index in [0.29, 0.717) is 0 Å². The molecule has 1 aliphatic rings. The lowest BCUT2D eigenvalue weighted by Gasteiger charge is -2.53. The lowest BCUT2D eigenvalue weighted by atomic mass is 9.52.